The van der Waals surface area contributed by atoms with Gasteiger partial charge in [0.05, 0.1) is 6.04 Å². The van der Waals surface area contributed by atoms with E-state index >= 15 is 0 Å². The van der Waals surface area contributed by atoms with Gasteiger partial charge in [-0.05, 0) is 42.4 Å². The van der Waals surface area contributed by atoms with Crippen molar-refractivity contribution in [2.45, 2.75) is 45.3 Å². The van der Waals surface area contributed by atoms with Crippen LogP contribution in [0.1, 0.15) is 38.7 Å². The first-order chi connectivity index (χ1) is 13.2. The largest absolute Gasteiger partial charge is 0.485 e. The van der Waals surface area contributed by atoms with E-state index in [4.69, 9.17) is 9.73 Å². The molecule has 0 saturated carbocycles. The summed E-state index contributed by atoms with van der Waals surface area (Å²) in [6, 6.07) is 8.82. The molecule has 5 rings (SSSR count). The molecular formula is C25H27NO. The fourth-order valence-electron chi connectivity index (χ4n) is 4.97. The van der Waals surface area contributed by atoms with Crippen LogP contribution in [0.5, 0.6) is 5.75 Å². The number of benzene rings is 1. The lowest BCUT2D eigenvalue weighted by Gasteiger charge is -2.27. The van der Waals surface area contributed by atoms with E-state index in [2.05, 4.69) is 74.6 Å². The molecule has 0 fully saturated rings. The number of nitrogens with zero attached hydrogens (tertiary/aromatic N) is 1. The molecule has 0 spiro atoms. The quantitative estimate of drug-likeness (QED) is 0.672. The van der Waals surface area contributed by atoms with Gasteiger partial charge in [-0.1, -0.05) is 62.4 Å². The summed E-state index contributed by atoms with van der Waals surface area (Å²) in [5, 5.41) is 0. The molecule has 2 heteroatoms. The Morgan fingerprint density at radius 1 is 1.11 bits per heavy atom. The molecule has 1 aromatic rings. The van der Waals surface area contributed by atoms with Crippen molar-refractivity contribution in [1.29, 1.82) is 0 Å². The molecule has 4 aliphatic rings. The molecule has 4 atom stereocenters. The first kappa shape index (κ1) is 16.8. The van der Waals surface area contributed by atoms with Crippen molar-refractivity contribution < 1.29 is 4.74 Å². The van der Waals surface area contributed by atoms with Gasteiger partial charge in [-0.25, -0.2) is 0 Å². The predicted molar refractivity (Wildman–Crippen MR) is 112 cm³/mol. The second-order valence-electron chi connectivity index (χ2n) is 8.49. The molecule has 1 aromatic carbocycles. The zero-order valence-electron chi connectivity index (χ0n) is 16.1. The highest BCUT2D eigenvalue weighted by Crippen LogP contribution is 2.43. The molecule has 0 N–H and O–H groups in total. The first-order valence-electron chi connectivity index (χ1n) is 10.3. The van der Waals surface area contributed by atoms with Crippen LogP contribution in [-0.4, -0.2) is 17.9 Å². The molecule has 0 aromatic heterocycles. The third kappa shape index (κ3) is 2.92. The number of ether oxygens (including phenoxy) is 1. The molecule has 27 heavy (non-hydrogen) atoms. The molecule has 0 saturated heterocycles. The summed E-state index contributed by atoms with van der Waals surface area (Å²) in [6.07, 6.45) is 17.0. The number of rotatable bonds is 3. The minimum absolute atomic E-state index is 0.177. The smallest absolute Gasteiger partial charge is 0.128 e. The van der Waals surface area contributed by atoms with Crippen LogP contribution >= 0.6 is 0 Å². The van der Waals surface area contributed by atoms with Crippen LogP contribution in [0.3, 0.4) is 0 Å². The molecule has 2 aliphatic heterocycles. The fraction of sp³-hybridized carbons (Fsp3) is 0.400. The summed E-state index contributed by atoms with van der Waals surface area (Å²) in [5.74, 6) is 2.84. The number of hydrogen-bond acceptors (Lipinski definition) is 2. The van der Waals surface area contributed by atoms with E-state index in [0.29, 0.717) is 23.8 Å². The Balaban J connectivity index is 1.45. The molecule has 0 bridgehead atoms. The minimum atomic E-state index is 0.177. The van der Waals surface area contributed by atoms with Gasteiger partial charge < -0.3 is 4.74 Å². The molecule has 138 valence electrons. The van der Waals surface area contributed by atoms with Crippen LogP contribution < -0.4 is 4.74 Å². The number of aliphatic imine (C=N–C) groups is 1. The van der Waals surface area contributed by atoms with Crippen molar-refractivity contribution in [3.05, 3.63) is 71.9 Å². The van der Waals surface area contributed by atoms with E-state index < -0.39 is 0 Å². The molecule has 4 unspecified atom stereocenters. The normalized spacial score (nSPS) is 31.1. The van der Waals surface area contributed by atoms with Gasteiger partial charge in [0.1, 0.15) is 11.9 Å². The maximum atomic E-state index is 6.13. The van der Waals surface area contributed by atoms with Gasteiger partial charge in [-0.15, -0.1) is 0 Å². The Hall–Kier alpha value is -2.35. The highest BCUT2D eigenvalue weighted by atomic mass is 16.5. The van der Waals surface area contributed by atoms with Gasteiger partial charge >= 0.3 is 0 Å². The summed E-state index contributed by atoms with van der Waals surface area (Å²) < 4.78 is 6.13. The molecule has 2 heterocycles. The van der Waals surface area contributed by atoms with E-state index in [9.17, 15) is 0 Å². The highest BCUT2D eigenvalue weighted by Gasteiger charge is 2.38. The maximum absolute atomic E-state index is 6.13. The lowest BCUT2D eigenvalue weighted by Crippen LogP contribution is -2.27. The van der Waals surface area contributed by atoms with Gasteiger partial charge in [0, 0.05) is 29.2 Å². The molecule has 0 radical (unpaired) electrons. The first-order valence-corrected chi connectivity index (χ1v) is 10.3. The zero-order chi connectivity index (χ0) is 18.4. The number of hydrogen-bond donors (Lipinski definition) is 0. The van der Waals surface area contributed by atoms with E-state index in [1.54, 1.807) is 0 Å². The number of para-hydroxylation sites is 1. The van der Waals surface area contributed by atoms with E-state index in [0.717, 1.165) is 25.0 Å². The Morgan fingerprint density at radius 2 is 2.00 bits per heavy atom. The van der Waals surface area contributed by atoms with Crippen molar-refractivity contribution in [2.24, 2.45) is 22.7 Å². The van der Waals surface area contributed by atoms with Crippen LogP contribution in [0.15, 0.2) is 71.3 Å². The Bertz CT molecular complexity index is 899. The van der Waals surface area contributed by atoms with Crippen molar-refractivity contribution in [1.82, 2.24) is 0 Å². The maximum Gasteiger partial charge on any atom is 0.128 e. The second-order valence-corrected chi connectivity index (χ2v) is 8.49. The van der Waals surface area contributed by atoms with Crippen LogP contribution in [-0.2, 0) is 0 Å². The van der Waals surface area contributed by atoms with Crippen molar-refractivity contribution >= 4 is 11.3 Å². The lowest BCUT2D eigenvalue weighted by atomic mass is 9.78. The summed E-state index contributed by atoms with van der Waals surface area (Å²) in [7, 11) is 0. The lowest BCUT2D eigenvalue weighted by molar-refractivity contribution is 0.278. The topological polar surface area (TPSA) is 21.6 Å². The number of allylic oxidation sites excluding steroid dienone is 5. The highest BCUT2D eigenvalue weighted by molar-refractivity contribution is 6.06. The van der Waals surface area contributed by atoms with Gasteiger partial charge in [0.15, 0.2) is 0 Å². The summed E-state index contributed by atoms with van der Waals surface area (Å²) in [5.41, 5.74) is 5.21. The Morgan fingerprint density at radius 3 is 2.81 bits per heavy atom. The van der Waals surface area contributed by atoms with Crippen molar-refractivity contribution in [2.75, 3.05) is 0 Å². The second kappa shape index (κ2) is 6.67. The molecular weight excluding hydrogens is 330 g/mol. The molecule has 2 nitrogen and oxygen atoms in total. The standard InChI is InChI=1S/C25H27NO/c1-16(2)20-15-22(26-25(20)17-8-4-3-5-9-17)18-12-13-24-21(14-18)19-10-6-7-11-23(19)27-24/h3-8,10-12,14,16-17,20,24-25H,9,13,15H2,1-2H3. The Kier molecular flexibility index (Phi) is 4.15. The number of fused-ring (bicyclic) bond motifs is 3. The van der Waals surface area contributed by atoms with Crippen LogP contribution in [0, 0.1) is 17.8 Å². The van der Waals surface area contributed by atoms with Gasteiger partial charge in [0.25, 0.3) is 0 Å². The molecule has 2 aliphatic carbocycles. The monoisotopic (exact) mass is 357 g/mol. The SMILES string of the molecule is CC(C)C1CC(C2=CCC3Oc4ccccc4C3=C2)=NC1C1C=CC=CC1. The fourth-order valence-corrected chi connectivity index (χ4v) is 4.97. The van der Waals surface area contributed by atoms with Gasteiger partial charge in [-0.3, -0.25) is 4.99 Å². The van der Waals surface area contributed by atoms with Gasteiger partial charge in [-0.2, -0.15) is 0 Å². The van der Waals surface area contributed by atoms with Gasteiger partial charge in [0.2, 0.25) is 0 Å². The molecule has 0 amide bonds. The third-order valence-corrected chi connectivity index (χ3v) is 6.49. The third-order valence-electron chi connectivity index (χ3n) is 6.49. The van der Waals surface area contributed by atoms with E-state index in [1.165, 1.54) is 22.4 Å². The van der Waals surface area contributed by atoms with E-state index in [1.807, 2.05) is 0 Å². The average molecular weight is 357 g/mol. The van der Waals surface area contributed by atoms with E-state index in [-0.39, 0.29) is 6.10 Å². The zero-order valence-corrected chi connectivity index (χ0v) is 16.1. The summed E-state index contributed by atoms with van der Waals surface area (Å²) in [4.78, 5) is 5.29. The van der Waals surface area contributed by atoms with Crippen molar-refractivity contribution in [3.8, 4) is 5.75 Å². The van der Waals surface area contributed by atoms with Crippen LogP contribution in [0.4, 0.5) is 0 Å². The summed E-state index contributed by atoms with van der Waals surface area (Å²) >= 11 is 0. The predicted octanol–water partition coefficient (Wildman–Crippen LogP) is 5.78. The Labute approximate surface area is 162 Å². The van der Waals surface area contributed by atoms with Crippen molar-refractivity contribution in [3.63, 3.8) is 0 Å². The average Bonchev–Trinajstić information content (AvgIpc) is 3.30. The minimum Gasteiger partial charge on any atom is -0.485 e. The van der Waals surface area contributed by atoms with Crippen LogP contribution in [0.25, 0.3) is 5.57 Å². The summed E-state index contributed by atoms with van der Waals surface area (Å²) in [6.45, 7) is 4.70. The van der Waals surface area contributed by atoms with Crippen LogP contribution in [0.2, 0.25) is 0 Å².